The first kappa shape index (κ1) is 19.0. The van der Waals surface area contributed by atoms with E-state index < -0.39 is 0 Å². The van der Waals surface area contributed by atoms with Gasteiger partial charge < -0.3 is 9.15 Å². The molecule has 5 nitrogen and oxygen atoms in total. The van der Waals surface area contributed by atoms with Gasteiger partial charge in [-0.1, -0.05) is 35.9 Å². The number of aryl methyl sites for hydroxylation is 3. The monoisotopic (exact) mass is 388 g/mol. The Hall–Kier alpha value is -3.34. The van der Waals surface area contributed by atoms with E-state index in [0.29, 0.717) is 12.2 Å². The lowest BCUT2D eigenvalue weighted by atomic mass is 10.0. The molecule has 148 valence electrons. The quantitative estimate of drug-likeness (QED) is 0.621. The zero-order valence-electron chi connectivity index (χ0n) is 16.9. The molecule has 0 spiro atoms. The van der Waals surface area contributed by atoms with Gasteiger partial charge >= 0.3 is 0 Å². The number of benzene rings is 2. The Morgan fingerprint density at radius 2 is 1.90 bits per heavy atom. The summed E-state index contributed by atoms with van der Waals surface area (Å²) in [7, 11) is 0. The van der Waals surface area contributed by atoms with Crippen LogP contribution < -0.4 is 4.74 Å². The fourth-order valence-electron chi connectivity index (χ4n) is 3.38. The molecule has 1 amide bonds. The van der Waals surface area contributed by atoms with Crippen molar-refractivity contribution in [1.82, 2.24) is 5.01 Å². The molecule has 0 fully saturated rings. The van der Waals surface area contributed by atoms with Crippen LogP contribution in [0, 0.1) is 20.8 Å². The van der Waals surface area contributed by atoms with E-state index in [1.54, 1.807) is 6.26 Å². The van der Waals surface area contributed by atoms with E-state index in [0.717, 1.165) is 22.6 Å². The lowest BCUT2D eigenvalue weighted by Crippen LogP contribution is -2.31. The lowest BCUT2D eigenvalue weighted by molar-refractivity contribution is -0.135. The highest BCUT2D eigenvalue weighted by atomic mass is 16.5. The molecule has 0 aliphatic carbocycles. The van der Waals surface area contributed by atoms with Crippen LogP contribution in [0.4, 0.5) is 0 Å². The molecule has 0 saturated carbocycles. The third-order valence-electron chi connectivity index (χ3n) is 5.26. The molecule has 29 heavy (non-hydrogen) atoms. The number of hydrazone groups is 1. The first-order valence-electron chi connectivity index (χ1n) is 9.71. The molecule has 5 heteroatoms. The third-order valence-corrected chi connectivity index (χ3v) is 5.26. The summed E-state index contributed by atoms with van der Waals surface area (Å²) in [6, 6.07) is 17.4. The summed E-state index contributed by atoms with van der Waals surface area (Å²) in [5, 5.41) is 6.12. The molecular weight excluding hydrogens is 364 g/mol. The van der Waals surface area contributed by atoms with Crippen LogP contribution in [0.3, 0.4) is 0 Å². The van der Waals surface area contributed by atoms with Gasteiger partial charge in [-0.05, 0) is 61.7 Å². The maximum absolute atomic E-state index is 13.0. The van der Waals surface area contributed by atoms with E-state index in [4.69, 9.17) is 9.15 Å². The van der Waals surface area contributed by atoms with Crippen molar-refractivity contribution in [2.45, 2.75) is 33.2 Å². The summed E-state index contributed by atoms with van der Waals surface area (Å²) >= 11 is 0. The zero-order chi connectivity index (χ0) is 20.4. The summed E-state index contributed by atoms with van der Waals surface area (Å²) in [6.45, 7) is 6.04. The van der Waals surface area contributed by atoms with Crippen LogP contribution in [0.1, 0.15) is 40.5 Å². The van der Waals surface area contributed by atoms with Crippen molar-refractivity contribution in [3.63, 3.8) is 0 Å². The molecule has 1 aliphatic heterocycles. The predicted octanol–water partition coefficient (Wildman–Crippen LogP) is 4.96. The first-order chi connectivity index (χ1) is 14.0. The largest absolute Gasteiger partial charge is 0.484 e. The van der Waals surface area contributed by atoms with Gasteiger partial charge in [0.05, 0.1) is 12.0 Å². The van der Waals surface area contributed by atoms with E-state index in [9.17, 15) is 4.79 Å². The van der Waals surface area contributed by atoms with Gasteiger partial charge in [0.2, 0.25) is 0 Å². The van der Waals surface area contributed by atoms with Crippen LogP contribution in [-0.4, -0.2) is 23.2 Å². The molecule has 2 heterocycles. The number of amides is 1. The van der Waals surface area contributed by atoms with Crippen LogP contribution in [0.2, 0.25) is 0 Å². The van der Waals surface area contributed by atoms with Gasteiger partial charge in [-0.25, -0.2) is 5.01 Å². The number of ether oxygens (including phenoxy) is 1. The Morgan fingerprint density at radius 3 is 2.59 bits per heavy atom. The topological polar surface area (TPSA) is 55.0 Å². The van der Waals surface area contributed by atoms with Gasteiger partial charge in [0, 0.05) is 6.42 Å². The minimum Gasteiger partial charge on any atom is -0.484 e. The van der Waals surface area contributed by atoms with E-state index >= 15 is 0 Å². The van der Waals surface area contributed by atoms with E-state index in [1.807, 2.05) is 75.4 Å². The Kier molecular flexibility index (Phi) is 5.21. The van der Waals surface area contributed by atoms with Gasteiger partial charge in [-0.15, -0.1) is 0 Å². The number of nitrogens with zero attached hydrogens (tertiary/aromatic N) is 2. The minimum absolute atomic E-state index is 0.0790. The highest BCUT2D eigenvalue weighted by molar-refractivity contribution is 6.03. The molecule has 1 aliphatic rings. The van der Waals surface area contributed by atoms with Crippen LogP contribution in [0.15, 0.2) is 70.4 Å². The van der Waals surface area contributed by atoms with Gasteiger partial charge in [0.15, 0.2) is 6.61 Å². The van der Waals surface area contributed by atoms with Crippen LogP contribution in [-0.2, 0) is 4.79 Å². The molecule has 2 aromatic carbocycles. The fourth-order valence-corrected chi connectivity index (χ4v) is 3.38. The number of rotatable bonds is 5. The van der Waals surface area contributed by atoms with Crippen LogP contribution >= 0.6 is 0 Å². The second kappa shape index (κ2) is 7.95. The van der Waals surface area contributed by atoms with E-state index in [-0.39, 0.29) is 18.6 Å². The highest BCUT2D eigenvalue weighted by Gasteiger charge is 2.35. The number of carbonyl (C=O) groups excluding carboxylic acids is 1. The molecule has 0 saturated heterocycles. The molecule has 0 unspecified atom stereocenters. The van der Waals surface area contributed by atoms with Crippen molar-refractivity contribution >= 4 is 11.6 Å². The van der Waals surface area contributed by atoms with Crippen molar-refractivity contribution in [3.05, 3.63) is 88.9 Å². The Balaban J connectivity index is 1.54. The normalized spacial score (nSPS) is 16.0. The van der Waals surface area contributed by atoms with E-state index in [2.05, 4.69) is 5.10 Å². The SMILES string of the molecule is Cc1ccc(C2=NN(C(=O)COc3ccc(C)c(C)c3)[C@@H](c3ccco3)C2)cc1. The number of hydrogen-bond donors (Lipinski definition) is 0. The minimum atomic E-state index is -0.267. The molecule has 4 rings (SSSR count). The van der Waals surface area contributed by atoms with Gasteiger partial charge in [-0.2, -0.15) is 5.10 Å². The van der Waals surface area contributed by atoms with Crippen molar-refractivity contribution in [1.29, 1.82) is 0 Å². The summed E-state index contributed by atoms with van der Waals surface area (Å²) in [5.74, 6) is 1.19. The van der Waals surface area contributed by atoms with Crippen molar-refractivity contribution in [3.8, 4) is 5.75 Å². The van der Waals surface area contributed by atoms with E-state index in [1.165, 1.54) is 16.1 Å². The molecule has 0 N–H and O–H groups in total. The average molecular weight is 388 g/mol. The second-order valence-corrected chi connectivity index (χ2v) is 7.42. The summed E-state index contributed by atoms with van der Waals surface area (Å²) < 4.78 is 11.3. The molecule has 3 aromatic rings. The summed E-state index contributed by atoms with van der Waals surface area (Å²) in [6.07, 6.45) is 2.22. The number of carbonyl (C=O) groups is 1. The Labute approximate surface area is 170 Å². The van der Waals surface area contributed by atoms with Crippen molar-refractivity contribution in [2.75, 3.05) is 6.61 Å². The molecular formula is C24H24N2O3. The number of furan rings is 1. The maximum Gasteiger partial charge on any atom is 0.281 e. The van der Waals surface area contributed by atoms with Crippen LogP contribution in [0.25, 0.3) is 0 Å². The molecule has 1 aromatic heterocycles. The highest BCUT2D eigenvalue weighted by Crippen LogP contribution is 2.33. The maximum atomic E-state index is 13.0. The molecule has 0 bridgehead atoms. The van der Waals surface area contributed by atoms with Gasteiger partial charge in [-0.3, -0.25) is 4.79 Å². The van der Waals surface area contributed by atoms with Gasteiger partial charge in [0.25, 0.3) is 5.91 Å². The standard InChI is InChI=1S/C24H24N2O3/c1-16-6-9-19(10-7-16)21-14-22(23-5-4-12-28-23)26(25-21)24(27)15-29-20-11-8-17(2)18(3)13-20/h4-13,22H,14-15H2,1-3H3/t22-/m1/s1. The zero-order valence-corrected chi connectivity index (χ0v) is 16.9. The summed E-state index contributed by atoms with van der Waals surface area (Å²) in [4.78, 5) is 13.0. The molecule has 1 atom stereocenters. The predicted molar refractivity (Wildman–Crippen MR) is 112 cm³/mol. The Morgan fingerprint density at radius 1 is 1.10 bits per heavy atom. The lowest BCUT2D eigenvalue weighted by Gasteiger charge is -2.20. The smallest absolute Gasteiger partial charge is 0.281 e. The van der Waals surface area contributed by atoms with Crippen molar-refractivity contribution < 1.29 is 13.9 Å². The average Bonchev–Trinajstić information content (AvgIpc) is 3.39. The van der Waals surface area contributed by atoms with Crippen molar-refractivity contribution in [2.24, 2.45) is 5.10 Å². The Bertz CT molecular complexity index is 1040. The number of hydrogen-bond acceptors (Lipinski definition) is 4. The van der Waals surface area contributed by atoms with Gasteiger partial charge in [0.1, 0.15) is 17.6 Å². The first-order valence-corrected chi connectivity index (χ1v) is 9.71. The second-order valence-electron chi connectivity index (χ2n) is 7.42. The summed E-state index contributed by atoms with van der Waals surface area (Å²) in [5.41, 5.74) is 5.38. The fraction of sp³-hybridized carbons (Fsp3) is 0.250. The molecule has 0 radical (unpaired) electrons. The third kappa shape index (κ3) is 4.09. The van der Waals surface area contributed by atoms with Crippen LogP contribution in [0.5, 0.6) is 5.75 Å².